The second kappa shape index (κ2) is 4.60. The summed E-state index contributed by atoms with van der Waals surface area (Å²) in [5.41, 5.74) is 6.02. The van der Waals surface area contributed by atoms with Gasteiger partial charge in [0.15, 0.2) is 0 Å². The molecule has 0 amide bonds. The number of hydrogen-bond donors (Lipinski definition) is 1. The van der Waals surface area contributed by atoms with E-state index in [-0.39, 0.29) is 0 Å². The highest BCUT2D eigenvalue weighted by atomic mass is 79.9. The summed E-state index contributed by atoms with van der Waals surface area (Å²) in [7, 11) is 0. The van der Waals surface area contributed by atoms with Gasteiger partial charge < -0.3 is 4.98 Å². The van der Waals surface area contributed by atoms with Crippen LogP contribution in [-0.4, -0.2) is 17.2 Å². The van der Waals surface area contributed by atoms with Crippen molar-refractivity contribution < 1.29 is 0 Å². The average molecular weight is 325 g/mol. The minimum absolute atomic E-state index is 0.861. The first kappa shape index (κ1) is 11.9. The van der Waals surface area contributed by atoms with Crippen molar-refractivity contribution in [1.29, 1.82) is 0 Å². The van der Waals surface area contributed by atoms with Gasteiger partial charge in [-0.05, 0) is 30.2 Å². The van der Waals surface area contributed by atoms with Gasteiger partial charge in [0.2, 0.25) is 0 Å². The average Bonchev–Trinajstić information content (AvgIpc) is 2.87. The Morgan fingerprint density at radius 2 is 1.80 bits per heavy atom. The fourth-order valence-electron chi connectivity index (χ4n) is 2.86. The normalized spacial score (nSPS) is 14.2. The highest BCUT2D eigenvalue weighted by Crippen LogP contribution is 2.28. The SMILES string of the molecule is Brc1ccc(C2=NCCc3c2[nH]c2ccccc32)cc1. The zero-order valence-corrected chi connectivity index (χ0v) is 12.4. The number of aromatic nitrogens is 1. The van der Waals surface area contributed by atoms with Crippen LogP contribution in [0.4, 0.5) is 0 Å². The minimum atomic E-state index is 0.861. The van der Waals surface area contributed by atoms with Gasteiger partial charge in [0.1, 0.15) is 0 Å². The lowest BCUT2D eigenvalue weighted by atomic mass is 9.98. The molecule has 0 unspecified atom stereocenters. The first-order valence-electron chi connectivity index (χ1n) is 6.73. The lowest BCUT2D eigenvalue weighted by Crippen LogP contribution is -2.13. The number of aliphatic imine (C=N–C) groups is 1. The molecule has 2 aromatic carbocycles. The number of halogens is 1. The second-order valence-corrected chi connectivity index (χ2v) is 5.93. The van der Waals surface area contributed by atoms with Gasteiger partial charge in [-0.1, -0.05) is 46.3 Å². The Balaban J connectivity index is 1.92. The van der Waals surface area contributed by atoms with Crippen LogP contribution in [0, 0.1) is 0 Å². The van der Waals surface area contributed by atoms with Crippen molar-refractivity contribution in [2.45, 2.75) is 6.42 Å². The Kier molecular flexibility index (Phi) is 2.74. The number of H-pyrrole nitrogens is 1. The molecule has 0 aliphatic carbocycles. The highest BCUT2D eigenvalue weighted by molar-refractivity contribution is 9.10. The summed E-state index contributed by atoms with van der Waals surface area (Å²) in [5.74, 6) is 0. The first-order chi connectivity index (χ1) is 9.83. The third-order valence-corrected chi connectivity index (χ3v) is 4.33. The maximum atomic E-state index is 4.74. The molecule has 1 aliphatic heterocycles. The van der Waals surface area contributed by atoms with Crippen molar-refractivity contribution in [3.63, 3.8) is 0 Å². The van der Waals surface area contributed by atoms with Crippen molar-refractivity contribution in [2.24, 2.45) is 4.99 Å². The molecule has 0 saturated carbocycles. The Morgan fingerprint density at radius 3 is 2.65 bits per heavy atom. The summed E-state index contributed by atoms with van der Waals surface area (Å²) in [4.78, 5) is 8.27. The first-order valence-corrected chi connectivity index (χ1v) is 7.52. The zero-order chi connectivity index (χ0) is 13.5. The number of para-hydroxylation sites is 1. The molecule has 1 aromatic heterocycles. The lowest BCUT2D eigenvalue weighted by Gasteiger charge is -2.13. The standard InChI is InChI=1S/C17H13BrN2/c18-12-7-5-11(6-8-12)16-17-14(9-10-19-16)13-3-1-2-4-15(13)20-17/h1-8,20H,9-10H2. The molecule has 20 heavy (non-hydrogen) atoms. The molecule has 3 aromatic rings. The van der Waals surface area contributed by atoms with Crippen molar-refractivity contribution >= 4 is 32.5 Å². The van der Waals surface area contributed by atoms with Gasteiger partial charge in [-0.3, -0.25) is 4.99 Å². The van der Waals surface area contributed by atoms with Gasteiger partial charge in [0.05, 0.1) is 11.4 Å². The van der Waals surface area contributed by atoms with Crippen molar-refractivity contribution in [2.75, 3.05) is 6.54 Å². The molecule has 0 bridgehead atoms. The smallest absolute Gasteiger partial charge is 0.0884 e. The van der Waals surface area contributed by atoms with E-state index in [1.165, 1.54) is 27.7 Å². The molecular weight excluding hydrogens is 312 g/mol. The van der Waals surface area contributed by atoms with Gasteiger partial charge in [-0.15, -0.1) is 0 Å². The van der Waals surface area contributed by atoms with E-state index in [0.29, 0.717) is 0 Å². The number of benzene rings is 2. The topological polar surface area (TPSA) is 28.1 Å². The van der Waals surface area contributed by atoms with E-state index >= 15 is 0 Å². The number of rotatable bonds is 1. The van der Waals surface area contributed by atoms with Crippen LogP contribution in [0.25, 0.3) is 10.9 Å². The molecule has 98 valence electrons. The van der Waals surface area contributed by atoms with E-state index in [2.05, 4.69) is 69.4 Å². The molecule has 2 heterocycles. The number of fused-ring (bicyclic) bond motifs is 3. The molecule has 4 rings (SSSR count). The summed E-state index contributed by atoms with van der Waals surface area (Å²) in [6, 6.07) is 16.8. The van der Waals surface area contributed by atoms with Gasteiger partial charge in [-0.25, -0.2) is 0 Å². The summed E-state index contributed by atoms with van der Waals surface area (Å²) in [6.07, 6.45) is 1.01. The molecule has 0 radical (unpaired) electrons. The molecule has 0 fully saturated rings. The largest absolute Gasteiger partial charge is 0.353 e. The number of aromatic amines is 1. The maximum absolute atomic E-state index is 4.74. The zero-order valence-electron chi connectivity index (χ0n) is 10.9. The maximum Gasteiger partial charge on any atom is 0.0884 e. The van der Waals surface area contributed by atoms with Crippen LogP contribution in [-0.2, 0) is 6.42 Å². The summed E-state index contributed by atoms with van der Waals surface area (Å²) in [6.45, 7) is 0.861. The second-order valence-electron chi connectivity index (χ2n) is 5.01. The summed E-state index contributed by atoms with van der Waals surface area (Å²) in [5, 5.41) is 1.33. The minimum Gasteiger partial charge on any atom is -0.353 e. The summed E-state index contributed by atoms with van der Waals surface area (Å²) < 4.78 is 1.09. The molecule has 0 spiro atoms. The van der Waals surface area contributed by atoms with Gasteiger partial charge >= 0.3 is 0 Å². The monoisotopic (exact) mass is 324 g/mol. The third-order valence-electron chi connectivity index (χ3n) is 3.80. The Bertz CT molecular complexity index is 813. The molecule has 0 saturated heterocycles. The van der Waals surface area contributed by atoms with Crippen LogP contribution < -0.4 is 0 Å². The predicted molar refractivity (Wildman–Crippen MR) is 86.7 cm³/mol. The lowest BCUT2D eigenvalue weighted by molar-refractivity contribution is 0.948. The molecular formula is C17H13BrN2. The number of nitrogens with one attached hydrogen (secondary N) is 1. The quantitative estimate of drug-likeness (QED) is 0.690. The van der Waals surface area contributed by atoms with E-state index in [1.807, 2.05) is 0 Å². The third kappa shape index (κ3) is 1.81. The Morgan fingerprint density at radius 1 is 1.00 bits per heavy atom. The van der Waals surface area contributed by atoms with E-state index in [0.717, 1.165) is 23.1 Å². The van der Waals surface area contributed by atoms with Crippen LogP contribution in [0.3, 0.4) is 0 Å². The van der Waals surface area contributed by atoms with Crippen LogP contribution in [0.5, 0.6) is 0 Å². The van der Waals surface area contributed by atoms with Gasteiger partial charge in [-0.2, -0.15) is 0 Å². The molecule has 1 aliphatic rings. The van der Waals surface area contributed by atoms with E-state index in [9.17, 15) is 0 Å². The van der Waals surface area contributed by atoms with Crippen molar-refractivity contribution in [3.8, 4) is 0 Å². The van der Waals surface area contributed by atoms with Gasteiger partial charge in [0, 0.05) is 27.5 Å². The van der Waals surface area contributed by atoms with Crippen molar-refractivity contribution in [1.82, 2.24) is 4.98 Å². The Labute approximate surface area is 125 Å². The fourth-order valence-corrected chi connectivity index (χ4v) is 3.13. The fraction of sp³-hybridized carbons (Fsp3) is 0.118. The van der Waals surface area contributed by atoms with Gasteiger partial charge in [0.25, 0.3) is 0 Å². The summed E-state index contributed by atoms with van der Waals surface area (Å²) >= 11 is 3.48. The molecule has 0 atom stereocenters. The van der Waals surface area contributed by atoms with Crippen LogP contribution >= 0.6 is 15.9 Å². The van der Waals surface area contributed by atoms with Crippen LogP contribution in [0.15, 0.2) is 58.0 Å². The van der Waals surface area contributed by atoms with E-state index in [1.54, 1.807) is 0 Å². The van der Waals surface area contributed by atoms with Crippen LogP contribution in [0.1, 0.15) is 16.8 Å². The number of nitrogens with zero attached hydrogens (tertiary/aromatic N) is 1. The van der Waals surface area contributed by atoms with Crippen molar-refractivity contribution in [3.05, 3.63) is 69.8 Å². The van der Waals surface area contributed by atoms with Crippen LogP contribution in [0.2, 0.25) is 0 Å². The molecule has 3 heteroatoms. The molecule has 2 nitrogen and oxygen atoms in total. The predicted octanol–water partition coefficient (Wildman–Crippen LogP) is 4.32. The number of hydrogen-bond acceptors (Lipinski definition) is 1. The highest BCUT2D eigenvalue weighted by Gasteiger charge is 2.20. The van der Waals surface area contributed by atoms with E-state index in [4.69, 9.17) is 4.99 Å². The Hall–Kier alpha value is -1.87. The molecule has 1 N–H and O–H groups in total. The van der Waals surface area contributed by atoms with E-state index < -0.39 is 0 Å².